The summed E-state index contributed by atoms with van der Waals surface area (Å²) >= 11 is 17.3. The van der Waals surface area contributed by atoms with Crippen LogP contribution in [0.4, 0.5) is 5.82 Å². The fraction of sp³-hybridized carbons (Fsp3) is 0.235. The summed E-state index contributed by atoms with van der Waals surface area (Å²) in [4.78, 5) is 0. The summed E-state index contributed by atoms with van der Waals surface area (Å²) in [5.41, 5.74) is 1.02. The standard InChI is InChI=1S/C17H18Cl2N6S/c18-14-10-21-24(12-14)8-3-7-20-17(26)22-16-6-9-25(23-16)11-13-4-1-2-5-15(13)19/h1-2,4-6,9-10,12H,3,7-8,11H2,(H2,20,22,23,26). The maximum Gasteiger partial charge on any atom is 0.171 e. The van der Waals surface area contributed by atoms with E-state index in [2.05, 4.69) is 20.8 Å². The van der Waals surface area contributed by atoms with Crippen LogP contribution in [-0.2, 0) is 13.1 Å². The number of hydrogen-bond donors (Lipinski definition) is 2. The van der Waals surface area contributed by atoms with Gasteiger partial charge in [-0.25, -0.2) is 0 Å². The number of aromatic nitrogens is 4. The van der Waals surface area contributed by atoms with Crippen LogP contribution in [0, 0.1) is 0 Å². The summed E-state index contributed by atoms with van der Waals surface area (Å²) in [6.07, 6.45) is 6.18. The number of rotatable bonds is 7. The van der Waals surface area contributed by atoms with Crippen molar-refractivity contribution in [1.82, 2.24) is 24.9 Å². The average Bonchev–Trinajstić information content (AvgIpc) is 3.23. The maximum absolute atomic E-state index is 6.18. The van der Waals surface area contributed by atoms with E-state index >= 15 is 0 Å². The number of hydrogen-bond acceptors (Lipinski definition) is 3. The van der Waals surface area contributed by atoms with E-state index in [0.29, 0.717) is 22.5 Å². The Morgan fingerprint density at radius 1 is 1.15 bits per heavy atom. The van der Waals surface area contributed by atoms with Gasteiger partial charge in [0, 0.05) is 36.6 Å². The normalized spacial score (nSPS) is 10.7. The molecule has 9 heteroatoms. The lowest BCUT2D eigenvalue weighted by Gasteiger charge is -2.08. The minimum Gasteiger partial charge on any atom is -0.362 e. The Balaban J connectivity index is 1.42. The Hall–Kier alpha value is -2.09. The Kier molecular flexibility index (Phi) is 6.49. The Labute approximate surface area is 167 Å². The van der Waals surface area contributed by atoms with Crippen molar-refractivity contribution in [3.05, 3.63) is 64.5 Å². The molecule has 0 bridgehead atoms. The lowest BCUT2D eigenvalue weighted by Crippen LogP contribution is -2.30. The number of benzene rings is 1. The number of nitrogens with one attached hydrogen (secondary N) is 2. The van der Waals surface area contributed by atoms with Gasteiger partial charge in [0.05, 0.1) is 17.8 Å². The van der Waals surface area contributed by atoms with Crippen LogP contribution in [0.15, 0.2) is 48.9 Å². The number of nitrogens with zero attached hydrogens (tertiary/aromatic N) is 4. The van der Waals surface area contributed by atoms with E-state index in [-0.39, 0.29) is 0 Å². The zero-order valence-corrected chi connectivity index (χ0v) is 16.2. The summed E-state index contributed by atoms with van der Waals surface area (Å²) in [6.45, 7) is 2.10. The van der Waals surface area contributed by atoms with Crippen LogP contribution in [0.5, 0.6) is 0 Å². The van der Waals surface area contributed by atoms with Crippen molar-refractivity contribution in [1.29, 1.82) is 0 Å². The molecule has 136 valence electrons. The summed E-state index contributed by atoms with van der Waals surface area (Å²) in [5, 5.41) is 16.7. The molecule has 0 aliphatic rings. The minimum absolute atomic E-state index is 0.534. The number of aryl methyl sites for hydroxylation is 1. The smallest absolute Gasteiger partial charge is 0.171 e. The van der Waals surface area contributed by atoms with Gasteiger partial charge in [0.25, 0.3) is 0 Å². The van der Waals surface area contributed by atoms with E-state index in [1.807, 2.05) is 41.2 Å². The van der Waals surface area contributed by atoms with Crippen molar-refractivity contribution >= 4 is 46.4 Å². The van der Waals surface area contributed by atoms with Gasteiger partial charge in [-0.05, 0) is 30.3 Å². The second-order valence-electron chi connectivity index (χ2n) is 5.65. The Bertz CT molecular complexity index is 876. The molecule has 0 unspecified atom stereocenters. The predicted octanol–water partition coefficient (Wildman–Crippen LogP) is 3.81. The van der Waals surface area contributed by atoms with E-state index in [9.17, 15) is 0 Å². The first kappa shape index (κ1) is 18.7. The van der Waals surface area contributed by atoms with Crippen LogP contribution < -0.4 is 10.6 Å². The van der Waals surface area contributed by atoms with Crippen LogP contribution >= 0.6 is 35.4 Å². The molecule has 2 N–H and O–H groups in total. The van der Waals surface area contributed by atoms with Crippen molar-refractivity contribution in [2.75, 3.05) is 11.9 Å². The molecule has 6 nitrogen and oxygen atoms in total. The highest BCUT2D eigenvalue weighted by atomic mass is 35.5. The molecule has 0 amide bonds. The molecular weight excluding hydrogens is 391 g/mol. The quantitative estimate of drug-likeness (QED) is 0.459. The van der Waals surface area contributed by atoms with Gasteiger partial charge in [-0.15, -0.1) is 0 Å². The molecule has 0 atom stereocenters. The van der Waals surface area contributed by atoms with Gasteiger partial charge < -0.3 is 10.6 Å². The van der Waals surface area contributed by atoms with Crippen molar-refractivity contribution in [3.8, 4) is 0 Å². The van der Waals surface area contributed by atoms with Gasteiger partial charge in [-0.2, -0.15) is 10.2 Å². The summed E-state index contributed by atoms with van der Waals surface area (Å²) < 4.78 is 3.62. The fourth-order valence-corrected chi connectivity index (χ4v) is 2.94. The molecule has 0 aliphatic carbocycles. The van der Waals surface area contributed by atoms with E-state index in [4.69, 9.17) is 35.4 Å². The molecule has 0 saturated carbocycles. The van der Waals surface area contributed by atoms with E-state index < -0.39 is 0 Å². The first-order chi connectivity index (χ1) is 12.6. The molecule has 0 radical (unpaired) electrons. The van der Waals surface area contributed by atoms with Gasteiger partial charge in [0.15, 0.2) is 10.9 Å². The monoisotopic (exact) mass is 408 g/mol. The molecule has 0 spiro atoms. The zero-order valence-electron chi connectivity index (χ0n) is 13.9. The molecule has 0 saturated heterocycles. The third kappa shape index (κ3) is 5.45. The molecule has 3 aromatic rings. The average molecular weight is 409 g/mol. The third-order valence-corrected chi connectivity index (χ3v) is 4.43. The van der Waals surface area contributed by atoms with Crippen molar-refractivity contribution in [3.63, 3.8) is 0 Å². The number of anilines is 1. The van der Waals surface area contributed by atoms with Crippen LogP contribution in [0.1, 0.15) is 12.0 Å². The molecule has 3 rings (SSSR count). The van der Waals surface area contributed by atoms with Gasteiger partial charge in [-0.3, -0.25) is 9.36 Å². The highest BCUT2D eigenvalue weighted by Gasteiger charge is 2.04. The maximum atomic E-state index is 6.18. The third-order valence-electron chi connectivity index (χ3n) is 3.62. The summed E-state index contributed by atoms with van der Waals surface area (Å²) in [5.74, 6) is 0.688. The first-order valence-corrected chi connectivity index (χ1v) is 9.26. The van der Waals surface area contributed by atoms with Crippen LogP contribution in [0.3, 0.4) is 0 Å². The van der Waals surface area contributed by atoms with Crippen LogP contribution in [-0.4, -0.2) is 31.2 Å². The van der Waals surface area contributed by atoms with Crippen molar-refractivity contribution in [2.45, 2.75) is 19.5 Å². The second kappa shape index (κ2) is 9.02. The minimum atomic E-state index is 0.534. The largest absolute Gasteiger partial charge is 0.362 e. The summed E-state index contributed by atoms with van der Waals surface area (Å²) in [7, 11) is 0. The molecular formula is C17H18Cl2N6S. The molecule has 26 heavy (non-hydrogen) atoms. The highest BCUT2D eigenvalue weighted by Crippen LogP contribution is 2.16. The SMILES string of the molecule is S=C(NCCCn1cc(Cl)cn1)Nc1ccn(Cc2ccccc2Cl)n1. The molecule has 2 heterocycles. The van der Waals surface area contributed by atoms with Gasteiger partial charge in [0.1, 0.15) is 0 Å². The number of halogens is 2. The fourth-order valence-electron chi connectivity index (χ4n) is 2.38. The molecule has 0 fully saturated rings. The van der Waals surface area contributed by atoms with E-state index in [1.165, 1.54) is 0 Å². The van der Waals surface area contributed by atoms with Crippen LogP contribution in [0.25, 0.3) is 0 Å². The Morgan fingerprint density at radius 3 is 2.77 bits per heavy atom. The lowest BCUT2D eigenvalue weighted by molar-refractivity contribution is 0.574. The molecule has 2 aromatic heterocycles. The van der Waals surface area contributed by atoms with E-state index in [1.54, 1.807) is 17.1 Å². The van der Waals surface area contributed by atoms with Gasteiger partial charge >= 0.3 is 0 Å². The highest BCUT2D eigenvalue weighted by molar-refractivity contribution is 7.80. The van der Waals surface area contributed by atoms with Crippen molar-refractivity contribution in [2.24, 2.45) is 0 Å². The Morgan fingerprint density at radius 2 is 2.00 bits per heavy atom. The topological polar surface area (TPSA) is 59.7 Å². The second-order valence-corrected chi connectivity index (χ2v) is 6.90. The van der Waals surface area contributed by atoms with Gasteiger partial charge in [-0.1, -0.05) is 41.4 Å². The summed E-state index contributed by atoms with van der Waals surface area (Å²) in [6, 6.07) is 9.59. The lowest BCUT2D eigenvalue weighted by atomic mass is 10.2. The van der Waals surface area contributed by atoms with Crippen molar-refractivity contribution < 1.29 is 0 Å². The zero-order chi connectivity index (χ0) is 18.4. The van der Waals surface area contributed by atoms with Gasteiger partial charge in [0.2, 0.25) is 0 Å². The molecule has 1 aromatic carbocycles. The predicted molar refractivity (Wildman–Crippen MR) is 109 cm³/mol. The molecule has 0 aliphatic heterocycles. The first-order valence-electron chi connectivity index (χ1n) is 8.10. The van der Waals surface area contributed by atoms with Crippen LogP contribution in [0.2, 0.25) is 10.0 Å². The number of thiocarbonyl (C=S) groups is 1. The van der Waals surface area contributed by atoms with E-state index in [0.717, 1.165) is 30.1 Å².